The Morgan fingerprint density at radius 1 is 1.19 bits per heavy atom. The number of hydrogen-bond acceptors (Lipinski definition) is 4. The number of anilines is 1. The zero-order valence-electron chi connectivity index (χ0n) is 14.8. The maximum atomic E-state index is 13.1. The molecule has 0 aliphatic carbocycles. The van der Waals surface area contributed by atoms with Crippen LogP contribution in [0, 0.1) is 6.92 Å². The van der Waals surface area contributed by atoms with Crippen LogP contribution in [0.3, 0.4) is 0 Å². The van der Waals surface area contributed by atoms with Gasteiger partial charge in [0.05, 0.1) is 30.7 Å². The van der Waals surface area contributed by atoms with E-state index in [-0.39, 0.29) is 12.0 Å². The summed E-state index contributed by atoms with van der Waals surface area (Å²) in [5, 5.41) is 0. The number of amides is 1. The van der Waals surface area contributed by atoms with E-state index in [0.29, 0.717) is 30.9 Å². The lowest BCUT2D eigenvalue weighted by atomic mass is 10.1. The summed E-state index contributed by atoms with van der Waals surface area (Å²) in [7, 11) is -3.48. The zero-order valence-corrected chi connectivity index (χ0v) is 15.6. The lowest BCUT2D eigenvalue weighted by Crippen LogP contribution is -2.42. The molecule has 2 aromatic rings. The van der Waals surface area contributed by atoms with Gasteiger partial charge in [-0.15, -0.1) is 0 Å². The third-order valence-corrected chi connectivity index (χ3v) is 4.82. The minimum absolute atomic E-state index is 0.190. The number of carbonyl (C=O) groups is 1. The van der Waals surface area contributed by atoms with E-state index in [4.69, 9.17) is 4.74 Å². The van der Waals surface area contributed by atoms with Crippen LogP contribution >= 0.6 is 0 Å². The Hall–Kier alpha value is -2.38. The molecular formula is C19H22N2O4S. The van der Waals surface area contributed by atoms with Crippen LogP contribution in [-0.2, 0) is 14.8 Å². The first-order valence-corrected chi connectivity index (χ1v) is 10.3. The van der Waals surface area contributed by atoms with Crippen molar-refractivity contribution in [2.75, 3.05) is 30.7 Å². The molecule has 1 aliphatic rings. The number of benzene rings is 2. The smallest absolute Gasteiger partial charge is 0.256 e. The monoisotopic (exact) mass is 374 g/mol. The summed E-state index contributed by atoms with van der Waals surface area (Å²) in [5.41, 5.74) is 2.55. The van der Waals surface area contributed by atoms with Crippen molar-refractivity contribution in [3.63, 3.8) is 0 Å². The number of morpholine rings is 1. The van der Waals surface area contributed by atoms with Crippen molar-refractivity contribution in [2.45, 2.75) is 13.0 Å². The van der Waals surface area contributed by atoms with Gasteiger partial charge in [0.15, 0.2) is 0 Å². The van der Waals surface area contributed by atoms with Crippen molar-refractivity contribution < 1.29 is 17.9 Å². The molecule has 0 aromatic heterocycles. The highest BCUT2D eigenvalue weighted by molar-refractivity contribution is 7.92. The van der Waals surface area contributed by atoms with Crippen LogP contribution in [0.5, 0.6) is 0 Å². The van der Waals surface area contributed by atoms with Gasteiger partial charge >= 0.3 is 0 Å². The molecule has 138 valence electrons. The van der Waals surface area contributed by atoms with Gasteiger partial charge in [0.25, 0.3) is 5.91 Å². The standard InChI is InChI=1S/C19H22N2O4S/c1-14-8-9-17(20-26(2,23)24)16(12-14)19(22)21-10-11-25-18(13-21)15-6-4-3-5-7-15/h3-9,12,18,20H,10-11,13H2,1-2H3. The first kappa shape index (κ1) is 18.4. The molecule has 1 N–H and O–H groups in total. The third kappa shape index (κ3) is 4.42. The zero-order chi connectivity index (χ0) is 18.7. The molecule has 1 amide bonds. The van der Waals surface area contributed by atoms with E-state index in [1.165, 1.54) is 0 Å². The SMILES string of the molecule is Cc1ccc(NS(C)(=O)=O)c(C(=O)N2CCOC(c3ccccc3)C2)c1. The van der Waals surface area contributed by atoms with Crippen molar-refractivity contribution in [3.8, 4) is 0 Å². The van der Waals surface area contributed by atoms with Gasteiger partial charge in [-0.25, -0.2) is 8.42 Å². The van der Waals surface area contributed by atoms with Crippen molar-refractivity contribution in [1.82, 2.24) is 4.90 Å². The number of carbonyl (C=O) groups excluding carboxylic acids is 1. The molecule has 1 heterocycles. The van der Waals surface area contributed by atoms with Crippen LogP contribution in [0.15, 0.2) is 48.5 Å². The van der Waals surface area contributed by atoms with Gasteiger partial charge in [-0.3, -0.25) is 9.52 Å². The number of ether oxygens (including phenoxy) is 1. The molecule has 1 aliphatic heterocycles. The van der Waals surface area contributed by atoms with E-state index in [1.807, 2.05) is 37.3 Å². The molecule has 3 rings (SSSR count). The Bertz CT molecular complexity index is 897. The Morgan fingerprint density at radius 3 is 2.62 bits per heavy atom. The fourth-order valence-corrected chi connectivity index (χ4v) is 3.57. The lowest BCUT2D eigenvalue weighted by molar-refractivity contribution is -0.0227. The summed E-state index contributed by atoms with van der Waals surface area (Å²) in [6, 6.07) is 14.9. The van der Waals surface area contributed by atoms with E-state index in [2.05, 4.69) is 4.72 Å². The van der Waals surface area contributed by atoms with E-state index in [9.17, 15) is 13.2 Å². The number of hydrogen-bond donors (Lipinski definition) is 1. The van der Waals surface area contributed by atoms with Crippen LogP contribution in [0.25, 0.3) is 0 Å². The lowest BCUT2D eigenvalue weighted by Gasteiger charge is -2.33. The second-order valence-electron chi connectivity index (χ2n) is 6.44. The normalized spacial score (nSPS) is 17.8. The molecule has 1 unspecified atom stereocenters. The van der Waals surface area contributed by atoms with E-state index in [0.717, 1.165) is 17.4 Å². The van der Waals surface area contributed by atoms with Gasteiger partial charge in [0.2, 0.25) is 10.0 Å². The maximum Gasteiger partial charge on any atom is 0.256 e. The van der Waals surface area contributed by atoms with Crippen molar-refractivity contribution in [1.29, 1.82) is 0 Å². The fourth-order valence-electron chi connectivity index (χ4n) is 3.00. The Labute approximate surface area is 153 Å². The van der Waals surface area contributed by atoms with Gasteiger partial charge in [0, 0.05) is 6.54 Å². The molecule has 1 atom stereocenters. The van der Waals surface area contributed by atoms with Crippen LogP contribution in [-0.4, -0.2) is 45.2 Å². The predicted molar refractivity (Wildman–Crippen MR) is 101 cm³/mol. The van der Waals surface area contributed by atoms with Gasteiger partial charge in [-0.05, 0) is 24.6 Å². The quantitative estimate of drug-likeness (QED) is 0.892. The average Bonchev–Trinajstić information content (AvgIpc) is 2.62. The molecule has 6 nitrogen and oxygen atoms in total. The van der Waals surface area contributed by atoms with E-state index < -0.39 is 10.0 Å². The topological polar surface area (TPSA) is 75.7 Å². The Morgan fingerprint density at radius 2 is 1.92 bits per heavy atom. The van der Waals surface area contributed by atoms with Crippen molar-refractivity contribution in [2.24, 2.45) is 0 Å². The number of nitrogens with zero attached hydrogens (tertiary/aromatic N) is 1. The van der Waals surface area contributed by atoms with Gasteiger partial charge in [0.1, 0.15) is 6.10 Å². The Balaban J connectivity index is 1.86. The molecule has 1 fully saturated rings. The van der Waals surface area contributed by atoms with E-state index in [1.54, 1.807) is 23.1 Å². The summed E-state index contributed by atoms with van der Waals surface area (Å²) < 4.78 is 31.5. The molecule has 0 saturated carbocycles. The highest BCUT2D eigenvalue weighted by Gasteiger charge is 2.27. The highest BCUT2D eigenvalue weighted by atomic mass is 32.2. The van der Waals surface area contributed by atoms with Crippen LogP contribution in [0.2, 0.25) is 0 Å². The summed E-state index contributed by atoms with van der Waals surface area (Å²) in [5.74, 6) is -0.205. The van der Waals surface area contributed by atoms with Gasteiger partial charge in [-0.2, -0.15) is 0 Å². The minimum Gasteiger partial charge on any atom is -0.370 e. The summed E-state index contributed by atoms with van der Waals surface area (Å²) >= 11 is 0. The summed E-state index contributed by atoms with van der Waals surface area (Å²) in [6.45, 7) is 3.20. The molecule has 0 radical (unpaired) electrons. The minimum atomic E-state index is -3.48. The molecule has 7 heteroatoms. The molecule has 26 heavy (non-hydrogen) atoms. The number of aryl methyl sites for hydroxylation is 1. The highest BCUT2D eigenvalue weighted by Crippen LogP contribution is 2.26. The first-order valence-electron chi connectivity index (χ1n) is 8.38. The van der Waals surface area contributed by atoms with Crippen LogP contribution < -0.4 is 4.72 Å². The van der Waals surface area contributed by atoms with Gasteiger partial charge < -0.3 is 9.64 Å². The summed E-state index contributed by atoms with van der Waals surface area (Å²) in [4.78, 5) is 14.8. The van der Waals surface area contributed by atoms with Crippen LogP contribution in [0.1, 0.15) is 27.6 Å². The molecule has 2 aromatic carbocycles. The van der Waals surface area contributed by atoms with Gasteiger partial charge in [-0.1, -0.05) is 42.0 Å². The number of rotatable bonds is 4. The second-order valence-corrected chi connectivity index (χ2v) is 8.19. The van der Waals surface area contributed by atoms with Crippen molar-refractivity contribution >= 4 is 21.6 Å². The van der Waals surface area contributed by atoms with E-state index >= 15 is 0 Å². The molecule has 1 saturated heterocycles. The largest absolute Gasteiger partial charge is 0.370 e. The second kappa shape index (κ2) is 7.47. The molecule has 0 spiro atoms. The third-order valence-electron chi connectivity index (χ3n) is 4.23. The predicted octanol–water partition coefficient (Wildman–Crippen LogP) is 2.58. The molecular weight excluding hydrogens is 352 g/mol. The first-order chi connectivity index (χ1) is 12.3. The maximum absolute atomic E-state index is 13.1. The number of sulfonamides is 1. The number of nitrogens with one attached hydrogen (secondary N) is 1. The summed E-state index contributed by atoms with van der Waals surface area (Å²) in [6.07, 6.45) is 0.881. The Kier molecular flexibility index (Phi) is 5.29. The van der Waals surface area contributed by atoms with Crippen molar-refractivity contribution in [3.05, 3.63) is 65.2 Å². The van der Waals surface area contributed by atoms with Crippen LogP contribution in [0.4, 0.5) is 5.69 Å². The average molecular weight is 374 g/mol. The fraction of sp³-hybridized carbons (Fsp3) is 0.316. The molecule has 0 bridgehead atoms.